The summed E-state index contributed by atoms with van der Waals surface area (Å²) in [5.74, 6) is 0.103. The molecule has 0 unspecified atom stereocenters. The monoisotopic (exact) mass is 264 g/mol. The van der Waals surface area contributed by atoms with Gasteiger partial charge in [0.05, 0.1) is 10.5 Å². The number of nitrogens with zero attached hydrogens (tertiary/aromatic N) is 1. The normalized spacial score (nSPS) is 10.7. The molecule has 1 aromatic carbocycles. The van der Waals surface area contributed by atoms with Gasteiger partial charge in [-0.2, -0.15) is 0 Å². The Morgan fingerprint density at radius 3 is 2.58 bits per heavy atom. The minimum atomic E-state index is -0.670. The third kappa shape index (κ3) is 4.09. The molecule has 0 bridgehead atoms. The van der Waals surface area contributed by atoms with Crippen molar-refractivity contribution in [2.24, 2.45) is 0 Å². The minimum Gasteiger partial charge on any atom is -0.409 e. The van der Waals surface area contributed by atoms with Gasteiger partial charge in [-0.15, -0.1) is 0 Å². The van der Waals surface area contributed by atoms with Crippen LogP contribution < -0.4 is 10.1 Å². The van der Waals surface area contributed by atoms with Gasteiger partial charge in [0.1, 0.15) is 5.75 Å². The zero-order chi connectivity index (χ0) is 14.6. The maximum Gasteiger partial charge on any atom is 0.413 e. The summed E-state index contributed by atoms with van der Waals surface area (Å²) in [6.45, 7) is 8.91. The lowest BCUT2D eigenvalue weighted by molar-refractivity contribution is -0.385. The summed E-state index contributed by atoms with van der Waals surface area (Å²) in [4.78, 5) is 21.9. The van der Waals surface area contributed by atoms with Crippen molar-refractivity contribution in [3.05, 3.63) is 40.5 Å². The van der Waals surface area contributed by atoms with Crippen LogP contribution in [0.25, 0.3) is 6.08 Å². The number of amides is 1. The number of nitro groups is 1. The average molecular weight is 264 g/mol. The van der Waals surface area contributed by atoms with E-state index in [9.17, 15) is 14.9 Å². The molecule has 0 saturated heterocycles. The fourth-order valence-electron chi connectivity index (χ4n) is 1.42. The summed E-state index contributed by atoms with van der Waals surface area (Å²) in [5, 5.41) is 13.5. The lowest BCUT2D eigenvalue weighted by atomic mass is 10.1. The molecule has 0 aromatic heterocycles. The smallest absolute Gasteiger partial charge is 0.409 e. The Balaban J connectivity index is 3.02. The van der Waals surface area contributed by atoms with Gasteiger partial charge < -0.3 is 10.1 Å². The number of rotatable bonds is 3. The lowest BCUT2D eigenvalue weighted by Crippen LogP contribution is -2.42. The summed E-state index contributed by atoms with van der Waals surface area (Å²) in [5.41, 5.74) is -0.431. The Morgan fingerprint density at radius 1 is 1.47 bits per heavy atom. The second kappa shape index (κ2) is 5.51. The Hall–Kier alpha value is -2.37. The second-order valence-corrected chi connectivity index (χ2v) is 4.91. The molecular weight excluding hydrogens is 248 g/mol. The van der Waals surface area contributed by atoms with E-state index in [1.54, 1.807) is 20.8 Å². The zero-order valence-electron chi connectivity index (χ0n) is 11.1. The highest BCUT2D eigenvalue weighted by atomic mass is 16.6. The first-order valence-electron chi connectivity index (χ1n) is 5.64. The molecule has 0 heterocycles. The first-order chi connectivity index (χ1) is 8.74. The maximum atomic E-state index is 11.6. The molecule has 0 radical (unpaired) electrons. The van der Waals surface area contributed by atoms with Gasteiger partial charge in [-0.3, -0.25) is 10.1 Å². The SMILES string of the molecule is C=Cc1c(OC(=O)NC(C)(C)C)cccc1[N+](=O)[O-]. The van der Waals surface area contributed by atoms with Crippen molar-refractivity contribution in [3.8, 4) is 5.75 Å². The molecule has 0 atom stereocenters. The van der Waals surface area contributed by atoms with E-state index in [2.05, 4.69) is 11.9 Å². The number of hydrogen-bond acceptors (Lipinski definition) is 4. The Labute approximate surface area is 111 Å². The predicted molar refractivity (Wildman–Crippen MR) is 72.1 cm³/mol. The van der Waals surface area contributed by atoms with Crippen LogP contribution in [-0.2, 0) is 0 Å². The molecule has 0 fully saturated rings. The van der Waals surface area contributed by atoms with E-state index >= 15 is 0 Å². The molecule has 102 valence electrons. The van der Waals surface area contributed by atoms with Crippen molar-refractivity contribution in [3.63, 3.8) is 0 Å². The average Bonchev–Trinajstić information content (AvgIpc) is 2.25. The molecule has 0 saturated carbocycles. The van der Waals surface area contributed by atoms with Gasteiger partial charge in [0.15, 0.2) is 0 Å². The topological polar surface area (TPSA) is 81.5 Å². The highest BCUT2D eigenvalue weighted by molar-refractivity contribution is 5.75. The van der Waals surface area contributed by atoms with Crippen LogP contribution in [0.2, 0.25) is 0 Å². The molecule has 0 aliphatic heterocycles. The van der Waals surface area contributed by atoms with Crippen molar-refractivity contribution in [2.45, 2.75) is 26.3 Å². The summed E-state index contributed by atoms with van der Waals surface area (Å²) < 4.78 is 5.08. The van der Waals surface area contributed by atoms with Gasteiger partial charge in [0.25, 0.3) is 5.69 Å². The van der Waals surface area contributed by atoms with Crippen LogP contribution in [0, 0.1) is 10.1 Å². The zero-order valence-corrected chi connectivity index (χ0v) is 11.1. The third-order valence-corrected chi connectivity index (χ3v) is 2.12. The van der Waals surface area contributed by atoms with Crippen molar-refractivity contribution in [1.82, 2.24) is 5.32 Å². The van der Waals surface area contributed by atoms with Gasteiger partial charge >= 0.3 is 6.09 Å². The van der Waals surface area contributed by atoms with Gasteiger partial charge in [-0.1, -0.05) is 18.7 Å². The minimum absolute atomic E-state index is 0.103. The maximum absolute atomic E-state index is 11.6. The number of ether oxygens (including phenoxy) is 1. The van der Waals surface area contributed by atoms with Gasteiger partial charge in [0.2, 0.25) is 0 Å². The van der Waals surface area contributed by atoms with Crippen LogP contribution in [0.3, 0.4) is 0 Å². The molecule has 1 N–H and O–H groups in total. The van der Waals surface area contributed by atoms with Crippen LogP contribution in [-0.4, -0.2) is 16.6 Å². The van der Waals surface area contributed by atoms with E-state index in [1.165, 1.54) is 24.3 Å². The summed E-state index contributed by atoms with van der Waals surface area (Å²) in [7, 11) is 0. The van der Waals surface area contributed by atoms with E-state index in [0.717, 1.165) is 0 Å². The summed E-state index contributed by atoms with van der Waals surface area (Å²) in [6.07, 6.45) is 0.619. The Bertz CT molecular complexity index is 518. The molecule has 19 heavy (non-hydrogen) atoms. The van der Waals surface area contributed by atoms with Crippen molar-refractivity contribution in [2.75, 3.05) is 0 Å². The highest BCUT2D eigenvalue weighted by Crippen LogP contribution is 2.29. The Morgan fingerprint density at radius 2 is 2.11 bits per heavy atom. The van der Waals surface area contributed by atoms with Crippen molar-refractivity contribution in [1.29, 1.82) is 0 Å². The molecule has 0 aliphatic carbocycles. The molecular formula is C13H16N2O4. The number of benzene rings is 1. The van der Waals surface area contributed by atoms with E-state index in [0.29, 0.717) is 0 Å². The van der Waals surface area contributed by atoms with Crippen molar-refractivity contribution >= 4 is 17.9 Å². The summed E-state index contributed by atoms with van der Waals surface area (Å²) >= 11 is 0. The van der Waals surface area contributed by atoms with Crippen LogP contribution in [0.15, 0.2) is 24.8 Å². The van der Waals surface area contributed by atoms with E-state index in [-0.39, 0.29) is 17.0 Å². The van der Waals surface area contributed by atoms with E-state index in [4.69, 9.17) is 4.74 Å². The second-order valence-electron chi connectivity index (χ2n) is 4.91. The van der Waals surface area contributed by atoms with Crippen molar-refractivity contribution < 1.29 is 14.5 Å². The van der Waals surface area contributed by atoms with Gasteiger partial charge in [-0.25, -0.2) is 4.79 Å². The molecule has 0 spiro atoms. The summed E-state index contributed by atoms with van der Waals surface area (Å²) in [6, 6.07) is 4.25. The van der Waals surface area contributed by atoms with Crippen LogP contribution in [0.1, 0.15) is 26.3 Å². The Kier molecular flexibility index (Phi) is 4.26. The molecule has 1 rings (SSSR count). The predicted octanol–water partition coefficient (Wildman–Crippen LogP) is 3.12. The van der Waals surface area contributed by atoms with Crippen LogP contribution in [0.5, 0.6) is 5.75 Å². The van der Waals surface area contributed by atoms with E-state index in [1.807, 2.05) is 0 Å². The largest absolute Gasteiger partial charge is 0.413 e. The number of carbonyl (C=O) groups excluding carboxylic acids is 1. The number of hydrogen-bond donors (Lipinski definition) is 1. The quantitative estimate of drug-likeness (QED) is 0.671. The van der Waals surface area contributed by atoms with Gasteiger partial charge in [0, 0.05) is 11.6 Å². The number of nitrogens with one attached hydrogen (secondary N) is 1. The fourth-order valence-corrected chi connectivity index (χ4v) is 1.42. The number of nitro benzene ring substituents is 1. The highest BCUT2D eigenvalue weighted by Gasteiger charge is 2.20. The first kappa shape index (κ1) is 14.7. The van der Waals surface area contributed by atoms with Crippen LogP contribution in [0.4, 0.5) is 10.5 Å². The third-order valence-electron chi connectivity index (χ3n) is 2.12. The molecule has 6 heteroatoms. The van der Waals surface area contributed by atoms with Crippen LogP contribution >= 0.6 is 0 Å². The standard InChI is InChI=1S/C13H16N2O4/c1-5-9-10(15(17)18)7-6-8-11(9)19-12(16)14-13(2,3)4/h5-8H,1H2,2-4H3,(H,14,16). The van der Waals surface area contributed by atoms with E-state index < -0.39 is 16.6 Å². The lowest BCUT2D eigenvalue weighted by Gasteiger charge is -2.20. The molecule has 0 aliphatic rings. The molecule has 1 amide bonds. The number of carbonyl (C=O) groups is 1. The molecule has 6 nitrogen and oxygen atoms in total. The first-order valence-corrected chi connectivity index (χ1v) is 5.64. The molecule has 1 aromatic rings. The van der Waals surface area contributed by atoms with Gasteiger partial charge in [-0.05, 0) is 26.8 Å². The fraction of sp³-hybridized carbons (Fsp3) is 0.308.